The zero-order valence-electron chi connectivity index (χ0n) is 18.5. The molecule has 6 rings (SSSR count). The van der Waals surface area contributed by atoms with Crippen LogP contribution < -0.4 is 10.5 Å². The van der Waals surface area contributed by atoms with Gasteiger partial charge in [-0.1, -0.05) is 41.6 Å². The molecule has 5 aromatic rings. The van der Waals surface area contributed by atoms with E-state index in [1.54, 1.807) is 0 Å². The normalized spacial score (nSPS) is 14.3. The van der Waals surface area contributed by atoms with E-state index in [1.165, 1.54) is 17.3 Å². The molecule has 0 amide bonds. The van der Waals surface area contributed by atoms with E-state index < -0.39 is 0 Å². The highest BCUT2D eigenvalue weighted by atomic mass is 32.2. The summed E-state index contributed by atoms with van der Waals surface area (Å²) >= 11 is 1.48. The molecule has 0 unspecified atom stereocenters. The first-order chi connectivity index (χ1) is 16.7. The molecule has 10 heteroatoms. The van der Waals surface area contributed by atoms with Gasteiger partial charge in [0.25, 0.3) is 5.56 Å². The highest BCUT2D eigenvalue weighted by Gasteiger charge is 2.22. The predicted octanol–water partition coefficient (Wildman–Crippen LogP) is 3.69. The molecule has 34 heavy (non-hydrogen) atoms. The van der Waals surface area contributed by atoms with E-state index >= 15 is 0 Å². The predicted molar refractivity (Wildman–Crippen MR) is 131 cm³/mol. The molecule has 0 spiro atoms. The molecule has 1 aliphatic rings. The Labute approximate surface area is 198 Å². The number of para-hydroxylation sites is 1. The van der Waals surface area contributed by atoms with Crippen molar-refractivity contribution in [1.29, 1.82) is 0 Å². The Morgan fingerprint density at radius 1 is 1.06 bits per heavy atom. The average Bonchev–Trinajstić information content (AvgIpc) is 3.46. The van der Waals surface area contributed by atoms with Crippen LogP contribution in [0.25, 0.3) is 27.8 Å². The number of thioether (sulfide) groups is 1. The molecule has 0 aliphatic carbocycles. The van der Waals surface area contributed by atoms with E-state index in [0.29, 0.717) is 35.9 Å². The van der Waals surface area contributed by atoms with Crippen LogP contribution in [0.15, 0.2) is 62.9 Å². The van der Waals surface area contributed by atoms with Gasteiger partial charge >= 0.3 is 0 Å². The molecule has 2 aromatic carbocycles. The Hall–Kier alpha value is -3.63. The maximum atomic E-state index is 12.7. The number of furan rings is 1. The fraction of sp³-hybridized carbons (Fsp3) is 0.250. The number of rotatable bonds is 5. The van der Waals surface area contributed by atoms with Gasteiger partial charge in [-0.05, 0) is 31.2 Å². The summed E-state index contributed by atoms with van der Waals surface area (Å²) in [5.41, 5.74) is 3.34. The van der Waals surface area contributed by atoms with E-state index in [4.69, 9.17) is 14.1 Å². The summed E-state index contributed by atoms with van der Waals surface area (Å²) in [6.45, 7) is 4.90. The van der Waals surface area contributed by atoms with Crippen molar-refractivity contribution in [3.8, 4) is 5.69 Å². The first-order valence-corrected chi connectivity index (χ1v) is 12.0. The lowest BCUT2D eigenvalue weighted by Crippen LogP contribution is -2.37. The maximum Gasteiger partial charge on any atom is 0.294 e. The topological polar surface area (TPSA) is 102 Å². The number of morpholine rings is 1. The second kappa shape index (κ2) is 8.62. The standard InChI is InChI=1S/C24H22N6O3S/c1-15-6-8-16(9-7-15)30-23(29-10-12-32-13-11-29)27-28-24(30)34-14-19-25-20-17-4-2-3-5-18(17)33-21(20)22(31)26-19/h2-9H,10-14H2,1H3,(H,25,26,31). The van der Waals surface area contributed by atoms with Crippen molar-refractivity contribution in [1.82, 2.24) is 24.7 Å². The van der Waals surface area contributed by atoms with Crippen molar-refractivity contribution >= 4 is 39.8 Å². The van der Waals surface area contributed by atoms with E-state index in [2.05, 4.69) is 55.8 Å². The van der Waals surface area contributed by atoms with Crippen LogP contribution in [0.1, 0.15) is 11.4 Å². The molecule has 0 radical (unpaired) electrons. The molecule has 9 nitrogen and oxygen atoms in total. The molecule has 4 heterocycles. The minimum Gasteiger partial charge on any atom is -0.449 e. The fourth-order valence-corrected chi connectivity index (χ4v) is 4.91. The number of ether oxygens (including phenoxy) is 1. The van der Waals surface area contributed by atoms with Gasteiger partial charge in [-0.15, -0.1) is 10.2 Å². The quantitative estimate of drug-likeness (QED) is 0.385. The molecule has 1 fully saturated rings. The fourth-order valence-electron chi connectivity index (χ4n) is 4.09. The lowest BCUT2D eigenvalue weighted by molar-refractivity contribution is 0.122. The summed E-state index contributed by atoms with van der Waals surface area (Å²) in [4.78, 5) is 22.4. The van der Waals surface area contributed by atoms with Crippen LogP contribution in [0, 0.1) is 6.92 Å². The van der Waals surface area contributed by atoms with Crippen LogP contribution in [0.2, 0.25) is 0 Å². The Kier molecular flexibility index (Phi) is 5.31. The molecule has 172 valence electrons. The zero-order chi connectivity index (χ0) is 23.1. The number of hydrogen-bond acceptors (Lipinski definition) is 8. The lowest BCUT2D eigenvalue weighted by Gasteiger charge is -2.27. The van der Waals surface area contributed by atoms with E-state index in [-0.39, 0.29) is 11.1 Å². The largest absolute Gasteiger partial charge is 0.449 e. The summed E-state index contributed by atoms with van der Waals surface area (Å²) in [6, 6.07) is 15.8. The first-order valence-electron chi connectivity index (χ1n) is 11.1. The number of H-pyrrole nitrogens is 1. The third-order valence-electron chi connectivity index (χ3n) is 5.82. The van der Waals surface area contributed by atoms with Gasteiger partial charge in [0, 0.05) is 18.5 Å². The van der Waals surface area contributed by atoms with Crippen molar-refractivity contribution in [2.24, 2.45) is 0 Å². The molecular formula is C24H22N6O3S. The number of hydrogen-bond donors (Lipinski definition) is 1. The maximum absolute atomic E-state index is 12.7. The van der Waals surface area contributed by atoms with Crippen molar-refractivity contribution in [3.05, 3.63) is 70.3 Å². The average molecular weight is 475 g/mol. The summed E-state index contributed by atoms with van der Waals surface area (Å²) in [5.74, 6) is 1.77. The molecule has 3 aromatic heterocycles. The Morgan fingerprint density at radius 3 is 2.68 bits per heavy atom. The van der Waals surface area contributed by atoms with Crippen molar-refractivity contribution in [2.45, 2.75) is 17.8 Å². The van der Waals surface area contributed by atoms with Gasteiger partial charge < -0.3 is 19.0 Å². The first kappa shape index (κ1) is 20.9. The number of aromatic nitrogens is 5. The van der Waals surface area contributed by atoms with Crippen LogP contribution in [-0.4, -0.2) is 51.0 Å². The van der Waals surface area contributed by atoms with E-state index in [0.717, 1.165) is 35.3 Å². The Balaban J connectivity index is 1.36. The number of aryl methyl sites for hydroxylation is 1. The third-order valence-corrected chi connectivity index (χ3v) is 6.76. The smallest absolute Gasteiger partial charge is 0.294 e. The van der Waals surface area contributed by atoms with Gasteiger partial charge in [-0.3, -0.25) is 9.36 Å². The second-order valence-electron chi connectivity index (χ2n) is 8.13. The van der Waals surface area contributed by atoms with Gasteiger partial charge in [0.05, 0.1) is 24.7 Å². The Morgan fingerprint density at radius 2 is 1.85 bits per heavy atom. The summed E-state index contributed by atoms with van der Waals surface area (Å²) in [7, 11) is 0. The van der Waals surface area contributed by atoms with Crippen LogP contribution in [0.5, 0.6) is 0 Å². The zero-order valence-corrected chi connectivity index (χ0v) is 19.3. The van der Waals surface area contributed by atoms with Gasteiger partial charge in [0.2, 0.25) is 11.5 Å². The minimum atomic E-state index is -0.286. The lowest BCUT2D eigenvalue weighted by atomic mass is 10.2. The molecule has 0 saturated carbocycles. The van der Waals surface area contributed by atoms with Crippen LogP contribution in [0.4, 0.5) is 5.95 Å². The van der Waals surface area contributed by atoms with Gasteiger partial charge in [-0.2, -0.15) is 0 Å². The summed E-state index contributed by atoms with van der Waals surface area (Å²) in [5, 5.41) is 10.5. The van der Waals surface area contributed by atoms with Crippen molar-refractivity contribution in [3.63, 3.8) is 0 Å². The van der Waals surface area contributed by atoms with Gasteiger partial charge in [0.15, 0.2) is 5.16 Å². The third kappa shape index (κ3) is 3.74. The number of nitrogens with one attached hydrogen (secondary N) is 1. The second-order valence-corrected chi connectivity index (χ2v) is 9.07. The number of aromatic amines is 1. The molecular weight excluding hydrogens is 452 g/mol. The molecule has 1 saturated heterocycles. The van der Waals surface area contributed by atoms with Gasteiger partial charge in [-0.25, -0.2) is 4.98 Å². The molecule has 0 bridgehead atoms. The Bertz CT molecular complexity index is 1530. The van der Waals surface area contributed by atoms with Gasteiger partial charge in [0.1, 0.15) is 16.9 Å². The van der Waals surface area contributed by atoms with Crippen LogP contribution in [-0.2, 0) is 10.5 Å². The van der Waals surface area contributed by atoms with Crippen LogP contribution in [0.3, 0.4) is 0 Å². The number of anilines is 1. The summed E-state index contributed by atoms with van der Waals surface area (Å²) in [6.07, 6.45) is 0. The SMILES string of the molecule is Cc1ccc(-n2c(SCc3nc4c(oc5ccccc54)c(=O)[nH]3)nnc2N2CCOCC2)cc1. The van der Waals surface area contributed by atoms with E-state index in [9.17, 15) is 4.79 Å². The highest BCUT2D eigenvalue weighted by Crippen LogP contribution is 2.30. The monoisotopic (exact) mass is 474 g/mol. The molecule has 0 atom stereocenters. The van der Waals surface area contributed by atoms with Crippen molar-refractivity contribution in [2.75, 3.05) is 31.2 Å². The number of fused-ring (bicyclic) bond motifs is 3. The van der Waals surface area contributed by atoms with E-state index in [1.807, 2.05) is 24.3 Å². The molecule has 1 aliphatic heterocycles. The van der Waals surface area contributed by atoms with Crippen molar-refractivity contribution < 1.29 is 9.15 Å². The number of benzene rings is 2. The highest BCUT2D eigenvalue weighted by molar-refractivity contribution is 7.98. The minimum absolute atomic E-state index is 0.243. The number of nitrogens with zero attached hydrogens (tertiary/aromatic N) is 5. The summed E-state index contributed by atoms with van der Waals surface area (Å²) < 4.78 is 13.3. The van der Waals surface area contributed by atoms with Crippen LogP contribution >= 0.6 is 11.8 Å². The molecule has 1 N–H and O–H groups in total.